The number of rotatable bonds is 4. The third kappa shape index (κ3) is 5.18. The first-order chi connectivity index (χ1) is 18.4. The number of fused-ring (bicyclic) bond motifs is 2. The van der Waals surface area contributed by atoms with Gasteiger partial charge in [0.2, 0.25) is 0 Å². The molecule has 0 aliphatic carbocycles. The number of halogens is 1. The summed E-state index contributed by atoms with van der Waals surface area (Å²) in [5.41, 5.74) is 2.11. The molecular weight excluding hydrogens is 505 g/mol. The summed E-state index contributed by atoms with van der Waals surface area (Å²) in [6, 6.07) is 3.05. The fraction of sp³-hybridized carbons (Fsp3) is 0.407. The number of piperazine rings is 1. The van der Waals surface area contributed by atoms with Crippen molar-refractivity contribution in [1.29, 1.82) is 0 Å². The van der Waals surface area contributed by atoms with Gasteiger partial charge in [-0.05, 0) is 27.7 Å². The van der Waals surface area contributed by atoms with E-state index < -0.39 is 17.3 Å². The summed E-state index contributed by atoms with van der Waals surface area (Å²) >= 11 is 0. The Morgan fingerprint density at radius 3 is 2.46 bits per heavy atom. The highest BCUT2D eigenvalue weighted by atomic mass is 19.1. The summed E-state index contributed by atoms with van der Waals surface area (Å²) in [4.78, 5) is 34.0. The number of aryl methyl sites for hydroxylation is 2. The lowest BCUT2D eigenvalue weighted by molar-refractivity contribution is 0.0240. The highest BCUT2D eigenvalue weighted by Crippen LogP contribution is 2.37. The molecule has 5 rings (SSSR count). The van der Waals surface area contributed by atoms with Crippen molar-refractivity contribution >= 4 is 39.9 Å². The van der Waals surface area contributed by atoms with Crippen LogP contribution in [0.25, 0.3) is 16.6 Å². The quantitative estimate of drug-likeness (QED) is 0.420. The molecule has 39 heavy (non-hydrogen) atoms. The van der Waals surface area contributed by atoms with Gasteiger partial charge < -0.3 is 29.0 Å². The number of carbonyl (C=O) groups is 2. The number of anilines is 2. The van der Waals surface area contributed by atoms with Crippen molar-refractivity contribution in [3.63, 3.8) is 0 Å². The molecule has 1 aliphatic rings. The van der Waals surface area contributed by atoms with Gasteiger partial charge in [0.15, 0.2) is 11.5 Å². The van der Waals surface area contributed by atoms with Crippen molar-refractivity contribution in [1.82, 2.24) is 24.1 Å². The maximum Gasteiger partial charge on any atom is 0.410 e. The smallest absolute Gasteiger partial charge is 0.410 e. The summed E-state index contributed by atoms with van der Waals surface area (Å²) in [7, 11) is 3.27. The Hall–Kier alpha value is -4.35. The maximum atomic E-state index is 14.6. The van der Waals surface area contributed by atoms with Crippen LogP contribution < -0.4 is 15.0 Å². The third-order valence-corrected chi connectivity index (χ3v) is 6.46. The number of hydrogen-bond donors (Lipinski definition) is 1. The van der Waals surface area contributed by atoms with Crippen LogP contribution in [0.5, 0.6) is 5.75 Å². The minimum Gasteiger partial charge on any atom is -0.496 e. The molecule has 3 aromatic heterocycles. The van der Waals surface area contributed by atoms with Gasteiger partial charge in [0.1, 0.15) is 22.4 Å². The minimum absolute atomic E-state index is 0.186. The van der Waals surface area contributed by atoms with Crippen LogP contribution in [0.1, 0.15) is 36.8 Å². The molecule has 0 spiro atoms. The summed E-state index contributed by atoms with van der Waals surface area (Å²) in [5, 5.41) is 8.12. The van der Waals surface area contributed by atoms with Crippen LogP contribution in [-0.2, 0) is 11.8 Å². The molecule has 4 heterocycles. The van der Waals surface area contributed by atoms with Crippen LogP contribution >= 0.6 is 0 Å². The second kappa shape index (κ2) is 9.75. The molecule has 1 N–H and O–H groups in total. The number of benzene rings is 1. The Labute approximate surface area is 225 Å². The Bertz CT molecular complexity index is 1580. The molecular formula is C27H32FN7O4. The Morgan fingerprint density at radius 1 is 1.08 bits per heavy atom. The SMILES string of the molecule is COc1cc(N2CCN(C(=O)OC(C)(C)C)CC2)c2cn(C)nc2c1C(=O)Nc1cc(F)c2nc(C)cn2c1. The number of nitrogens with one attached hydrogen (secondary N) is 1. The molecule has 1 saturated heterocycles. The van der Waals surface area contributed by atoms with Crippen molar-refractivity contribution < 1.29 is 23.5 Å². The summed E-state index contributed by atoms with van der Waals surface area (Å²) < 4.78 is 29.0. The summed E-state index contributed by atoms with van der Waals surface area (Å²) in [6.07, 6.45) is 4.81. The molecule has 0 atom stereocenters. The number of aromatic nitrogens is 4. The van der Waals surface area contributed by atoms with Gasteiger partial charge in [0.05, 0.1) is 24.2 Å². The molecule has 12 heteroatoms. The van der Waals surface area contributed by atoms with Gasteiger partial charge in [0.25, 0.3) is 5.91 Å². The molecule has 206 valence electrons. The van der Waals surface area contributed by atoms with Gasteiger partial charge in [-0.1, -0.05) is 0 Å². The lowest BCUT2D eigenvalue weighted by Gasteiger charge is -2.37. The molecule has 1 aliphatic heterocycles. The van der Waals surface area contributed by atoms with E-state index in [1.54, 1.807) is 35.9 Å². The maximum absolute atomic E-state index is 14.6. The van der Waals surface area contributed by atoms with E-state index in [2.05, 4.69) is 20.3 Å². The Kier molecular flexibility index (Phi) is 6.57. The van der Waals surface area contributed by atoms with Gasteiger partial charge in [0, 0.05) is 69.3 Å². The van der Waals surface area contributed by atoms with E-state index in [0.717, 1.165) is 11.1 Å². The molecule has 2 amide bonds. The van der Waals surface area contributed by atoms with E-state index >= 15 is 0 Å². The van der Waals surface area contributed by atoms with E-state index in [9.17, 15) is 14.0 Å². The van der Waals surface area contributed by atoms with E-state index in [1.807, 2.05) is 33.0 Å². The zero-order valence-electron chi connectivity index (χ0n) is 22.9. The first-order valence-corrected chi connectivity index (χ1v) is 12.7. The standard InChI is InChI=1S/C27H32FN7O4/c1-16-13-35-14-17(11-19(28)24(35)29-16)30-25(36)22-21(38-6)12-20(18-15-32(5)31-23(18)22)33-7-9-34(10-8-33)26(37)39-27(2,3)4/h11-15H,7-10H2,1-6H3,(H,30,36). The van der Waals surface area contributed by atoms with Crippen LogP contribution in [0.4, 0.5) is 20.6 Å². The number of methoxy groups -OCH3 is 1. The summed E-state index contributed by atoms with van der Waals surface area (Å²) in [5.74, 6) is -0.688. The number of ether oxygens (including phenoxy) is 2. The van der Waals surface area contributed by atoms with Crippen molar-refractivity contribution in [2.75, 3.05) is 43.5 Å². The predicted molar refractivity (Wildman–Crippen MR) is 145 cm³/mol. The normalized spacial score (nSPS) is 14.2. The van der Waals surface area contributed by atoms with Crippen molar-refractivity contribution in [2.45, 2.75) is 33.3 Å². The molecule has 0 unspecified atom stereocenters. The lowest BCUT2D eigenvalue weighted by Crippen LogP contribution is -2.50. The van der Waals surface area contributed by atoms with Gasteiger partial charge >= 0.3 is 6.09 Å². The van der Waals surface area contributed by atoms with Crippen LogP contribution in [0, 0.1) is 12.7 Å². The molecule has 1 aromatic carbocycles. The van der Waals surface area contributed by atoms with Crippen molar-refractivity contribution in [2.24, 2.45) is 7.05 Å². The fourth-order valence-electron chi connectivity index (χ4n) is 4.79. The lowest BCUT2D eigenvalue weighted by atomic mass is 10.1. The fourth-order valence-corrected chi connectivity index (χ4v) is 4.79. The largest absolute Gasteiger partial charge is 0.496 e. The number of pyridine rings is 1. The molecule has 0 saturated carbocycles. The first kappa shape index (κ1) is 26.3. The number of imidazole rings is 1. The number of carbonyl (C=O) groups excluding carboxylic acids is 2. The second-order valence-electron chi connectivity index (χ2n) is 10.6. The van der Waals surface area contributed by atoms with Crippen LogP contribution in [0.15, 0.2) is 30.7 Å². The Balaban J connectivity index is 1.44. The Morgan fingerprint density at radius 2 is 1.79 bits per heavy atom. The number of nitrogens with zero attached hydrogens (tertiary/aromatic N) is 6. The van der Waals surface area contributed by atoms with E-state index in [1.165, 1.54) is 17.6 Å². The predicted octanol–water partition coefficient (Wildman–Crippen LogP) is 3.99. The minimum atomic E-state index is -0.560. The number of amides is 2. The van der Waals surface area contributed by atoms with Crippen LogP contribution in [0.2, 0.25) is 0 Å². The molecule has 1 fully saturated rings. The molecule has 4 aromatic rings. The van der Waals surface area contributed by atoms with Gasteiger partial charge in [-0.25, -0.2) is 14.2 Å². The second-order valence-corrected chi connectivity index (χ2v) is 10.6. The van der Waals surface area contributed by atoms with Crippen molar-refractivity contribution in [3.8, 4) is 5.75 Å². The average molecular weight is 538 g/mol. The molecule has 11 nitrogen and oxygen atoms in total. The van der Waals surface area contributed by atoms with Gasteiger partial charge in [-0.2, -0.15) is 5.10 Å². The van der Waals surface area contributed by atoms with Gasteiger partial charge in [-0.15, -0.1) is 0 Å². The van der Waals surface area contributed by atoms with E-state index in [4.69, 9.17) is 9.47 Å². The van der Waals surface area contributed by atoms with E-state index in [-0.39, 0.29) is 23.0 Å². The zero-order valence-corrected chi connectivity index (χ0v) is 22.9. The van der Waals surface area contributed by atoms with E-state index in [0.29, 0.717) is 43.1 Å². The molecule has 0 radical (unpaired) electrons. The van der Waals surface area contributed by atoms with Crippen molar-refractivity contribution in [3.05, 3.63) is 47.8 Å². The van der Waals surface area contributed by atoms with Gasteiger partial charge in [-0.3, -0.25) is 9.48 Å². The highest BCUT2D eigenvalue weighted by Gasteiger charge is 2.29. The zero-order chi connectivity index (χ0) is 28.1. The highest BCUT2D eigenvalue weighted by molar-refractivity contribution is 6.16. The first-order valence-electron chi connectivity index (χ1n) is 12.7. The topological polar surface area (TPSA) is 106 Å². The van der Waals surface area contributed by atoms with Crippen LogP contribution in [0.3, 0.4) is 0 Å². The molecule has 0 bridgehead atoms. The third-order valence-electron chi connectivity index (χ3n) is 6.46. The number of hydrogen-bond acceptors (Lipinski definition) is 7. The monoisotopic (exact) mass is 537 g/mol. The van der Waals surface area contributed by atoms with Crippen LogP contribution in [-0.4, -0.2) is 75.0 Å². The average Bonchev–Trinajstić information content (AvgIpc) is 3.43. The summed E-state index contributed by atoms with van der Waals surface area (Å²) in [6.45, 7) is 9.43.